The first-order valence-corrected chi connectivity index (χ1v) is 21.8. The Hall–Kier alpha value is -6.20. The van der Waals surface area contributed by atoms with E-state index in [9.17, 15) is 29.2 Å². The van der Waals surface area contributed by atoms with Crippen LogP contribution in [0, 0.1) is 34.0 Å². The van der Waals surface area contributed by atoms with Crippen molar-refractivity contribution < 1.29 is 23.9 Å². The highest BCUT2D eigenvalue weighted by Gasteiger charge is 2.62. The Morgan fingerprint density at radius 1 is 0.871 bits per heavy atom. The van der Waals surface area contributed by atoms with Gasteiger partial charge in [-0.25, -0.2) is 0 Å². The average Bonchev–Trinajstić information content (AvgIpc) is 3.86. The molecule has 3 aromatic carbocycles. The summed E-state index contributed by atoms with van der Waals surface area (Å²) in [5, 5.41) is 15.9. The van der Waals surface area contributed by atoms with Gasteiger partial charge in [0.2, 0.25) is 17.4 Å². The monoisotopic (exact) mass is 838 g/mol. The van der Waals surface area contributed by atoms with Crippen LogP contribution >= 0.6 is 0 Å². The zero-order valence-electron chi connectivity index (χ0n) is 35.8. The summed E-state index contributed by atoms with van der Waals surface area (Å²) in [6.07, 6.45) is 1.71. The van der Waals surface area contributed by atoms with E-state index in [0.717, 1.165) is 69.2 Å². The van der Waals surface area contributed by atoms with Gasteiger partial charge in [0, 0.05) is 105 Å². The van der Waals surface area contributed by atoms with Crippen LogP contribution in [-0.2, 0) is 16.1 Å². The van der Waals surface area contributed by atoms with E-state index in [1.54, 1.807) is 23.1 Å². The normalized spacial score (nSPS) is 24.4. The molecule has 5 aliphatic rings. The second kappa shape index (κ2) is 15.9. The molecule has 5 heterocycles. The minimum atomic E-state index is -0.610. The smallest absolute Gasteiger partial charge is 0.255 e. The van der Waals surface area contributed by atoms with Gasteiger partial charge in [-0.2, -0.15) is 5.26 Å². The second-order valence-electron chi connectivity index (χ2n) is 18.9. The minimum Gasteiger partial charge on any atom is -0.493 e. The lowest BCUT2D eigenvalue weighted by atomic mass is 9.44. The fraction of sp³-hybridized carbons (Fsp3) is 0.458. The van der Waals surface area contributed by atoms with Crippen molar-refractivity contribution in [1.29, 1.82) is 5.26 Å². The van der Waals surface area contributed by atoms with Crippen molar-refractivity contribution >= 4 is 45.9 Å². The molecule has 4 amide bonds. The number of nitrogens with zero attached hydrogens (tertiary/aromatic N) is 5. The van der Waals surface area contributed by atoms with Crippen LogP contribution < -0.4 is 30.7 Å². The number of H-pyrrole nitrogens is 1. The van der Waals surface area contributed by atoms with E-state index in [1.165, 1.54) is 6.07 Å². The number of rotatable bonds is 10. The molecule has 1 aromatic heterocycles. The Morgan fingerprint density at radius 3 is 2.34 bits per heavy atom. The molecule has 3 N–H and O–H groups in total. The SMILES string of the molecule is CC1(C)C(COc2ccc(C#N)c3[nH]c(=O)ccc23)C(C)(C)C1NC(=O)c1ccc(N2CCN(C[C@H]3CCN(c4ccc5c(c4)CN(C4CCC(=O)NC4=O)C5=O)C3)CC2)cc1. The van der Waals surface area contributed by atoms with Crippen molar-refractivity contribution in [2.24, 2.45) is 22.7 Å². The molecule has 62 heavy (non-hydrogen) atoms. The molecule has 322 valence electrons. The molecule has 4 fully saturated rings. The van der Waals surface area contributed by atoms with Crippen LogP contribution in [0.15, 0.2) is 71.5 Å². The lowest BCUT2D eigenvalue weighted by Gasteiger charge is -2.64. The quantitative estimate of drug-likeness (QED) is 0.191. The summed E-state index contributed by atoms with van der Waals surface area (Å²) in [7, 11) is 0. The number of nitriles is 1. The van der Waals surface area contributed by atoms with Crippen LogP contribution in [0.25, 0.3) is 10.9 Å². The Labute approximate surface area is 361 Å². The number of pyridine rings is 1. The van der Waals surface area contributed by atoms with Gasteiger partial charge in [0.1, 0.15) is 17.9 Å². The molecular weight excluding hydrogens is 785 g/mol. The highest BCUT2D eigenvalue weighted by Crippen LogP contribution is 2.59. The molecule has 0 bridgehead atoms. The van der Waals surface area contributed by atoms with Crippen LogP contribution in [0.3, 0.4) is 0 Å². The number of anilines is 2. The number of hydrogen-bond donors (Lipinski definition) is 3. The van der Waals surface area contributed by atoms with Gasteiger partial charge < -0.3 is 29.7 Å². The maximum Gasteiger partial charge on any atom is 0.255 e. The van der Waals surface area contributed by atoms with Crippen molar-refractivity contribution in [3.63, 3.8) is 0 Å². The zero-order valence-corrected chi connectivity index (χ0v) is 35.8. The number of nitrogens with one attached hydrogen (secondary N) is 3. The van der Waals surface area contributed by atoms with Gasteiger partial charge in [-0.3, -0.25) is 34.2 Å². The largest absolute Gasteiger partial charge is 0.493 e. The third-order valence-corrected chi connectivity index (χ3v) is 14.5. The topological polar surface area (TPSA) is 171 Å². The van der Waals surface area contributed by atoms with E-state index in [2.05, 4.69) is 82.3 Å². The molecule has 14 heteroatoms. The van der Waals surface area contributed by atoms with Gasteiger partial charge in [-0.1, -0.05) is 27.7 Å². The molecule has 0 spiro atoms. The van der Waals surface area contributed by atoms with Crippen molar-refractivity contribution in [3.8, 4) is 11.8 Å². The van der Waals surface area contributed by atoms with E-state index >= 15 is 0 Å². The Bertz CT molecular complexity index is 2540. The van der Waals surface area contributed by atoms with E-state index in [1.807, 2.05) is 24.3 Å². The molecular formula is C48H54N8O6. The zero-order chi connectivity index (χ0) is 43.5. The summed E-state index contributed by atoms with van der Waals surface area (Å²) in [5.41, 5.74) is 4.50. The van der Waals surface area contributed by atoms with E-state index < -0.39 is 6.04 Å². The minimum absolute atomic E-state index is 0.0817. The summed E-state index contributed by atoms with van der Waals surface area (Å²) in [6.45, 7) is 16.2. The fourth-order valence-electron chi connectivity index (χ4n) is 11.2. The molecule has 2 atom stereocenters. The molecule has 14 nitrogen and oxygen atoms in total. The van der Waals surface area contributed by atoms with Gasteiger partial charge in [-0.05, 0) is 95.8 Å². The highest BCUT2D eigenvalue weighted by atomic mass is 16.5. The number of piperazine rings is 1. The summed E-state index contributed by atoms with van der Waals surface area (Å²) in [5.74, 6) is 0.360. The molecule has 0 radical (unpaired) electrons. The molecule has 4 aliphatic heterocycles. The number of amides is 4. The number of fused-ring (bicyclic) bond motifs is 2. The maximum atomic E-state index is 13.6. The van der Waals surface area contributed by atoms with Gasteiger partial charge >= 0.3 is 0 Å². The number of hydrogen-bond acceptors (Lipinski definition) is 10. The molecule has 1 unspecified atom stereocenters. The van der Waals surface area contributed by atoms with Crippen LogP contribution in [0.1, 0.15) is 78.8 Å². The third kappa shape index (κ3) is 7.46. The van der Waals surface area contributed by atoms with Crippen molar-refractivity contribution in [2.75, 3.05) is 62.2 Å². The summed E-state index contributed by atoms with van der Waals surface area (Å²) in [6, 6.07) is 22.0. The third-order valence-electron chi connectivity index (χ3n) is 14.5. The predicted molar refractivity (Wildman–Crippen MR) is 235 cm³/mol. The Morgan fingerprint density at radius 2 is 1.61 bits per heavy atom. The summed E-state index contributed by atoms with van der Waals surface area (Å²) in [4.78, 5) is 74.7. The first-order valence-electron chi connectivity index (χ1n) is 21.8. The summed E-state index contributed by atoms with van der Waals surface area (Å²) < 4.78 is 6.36. The van der Waals surface area contributed by atoms with Crippen molar-refractivity contribution in [2.45, 2.75) is 65.6 Å². The lowest BCUT2D eigenvalue weighted by molar-refractivity contribution is -0.137. The first-order chi connectivity index (χ1) is 29.7. The lowest BCUT2D eigenvalue weighted by Crippen LogP contribution is -2.71. The van der Waals surface area contributed by atoms with Gasteiger partial charge in [0.15, 0.2) is 0 Å². The van der Waals surface area contributed by atoms with E-state index in [4.69, 9.17) is 4.74 Å². The van der Waals surface area contributed by atoms with Crippen LogP contribution in [0.5, 0.6) is 5.75 Å². The van der Waals surface area contributed by atoms with Crippen molar-refractivity contribution in [1.82, 2.24) is 25.4 Å². The maximum absolute atomic E-state index is 13.6. The predicted octanol–water partition coefficient (Wildman–Crippen LogP) is 4.67. The van der Waals surface area contributed by atoms with Gasteiger partial charge in [-0.15, -0.1) is 0 Å². The first kappa shape index (κ1) is 41.2. The van der Waals surface area contributed by atoms with E-state index in [0.29, 0.717) is 58.8 Å². The number of imide groups is 1. The number of ether oxygens (including phenoxy) is 1. The highest BCUT2D eigenvalue weighted by molar-refractivity contribution is 6.05. The number of carbonyl (C=O) groups excluding carboxylic acids is 4. The molecule has 1 aliphatic carbocycles. The van der Waals surface area contributed by atoms with Gasteiger partial charge in [0.05, 0.1) is 17.7 Å². The Balaban J connectivity index is 0.740. The number of aromatic amines is 1. The molecule has 9 rings (SSSR count). The summed E-state index contributed by atoms with van der Waals surface area (Å²) >= 11 is 0. The number of aromatic nitrogens is 1. The van der Waals surface area contributed by atoms with Crippen LogP contribution in [-0.4, -0.2) is 103 Å². The standard InChI is InChI=1S/C48H54N8O6/c1-47(2)39(28-62-38-14-7-31(24-49)42-36(38)12-15-40(57)50-42)48(3,4)46(47)52-43(59)30-5-8-33(9-6-30)54-21-19-53(20-22-54)25-29-17-18-55(26-29)34-10-11-35-32(23-34)27-56(45(35)61)37-13-16-41(58)51-44(37)60/h5-12,14-15,23,29,37,39,46H,13,16-22,25-28H2,1-4H3,(H,50,57)(H,52,59)(H,51,58,60)/t29-,37?,39?,46?/m1/s1. The number of piperidine rings is 1. The van der Waals surface area contributed by atoms with Crippen LogP contribution in [0.4, 0.5) is 11.4 Å². The molecule has 4 aromatic rings. The Kier molecular flexibility index (Phi) is 10.6. The second-order valence-corrected chi connectivity index (χ2v) is 18.9. The average molecular weight is 839 g/mol. The number of benzene rings is 3. The van der Waals surface area contributed by atoms with Crippen LogP contribution in [0.2, 0.25) is 0 Å². The molecule has 3 saturated heterocycles. The molecule has 1 saturated carbocycles. The van der Waals surface area contributed by atoms with E-state index in [-0.39, 0.29) is 58.4 Å². The van der Waals surface area contributed by atoms with Crippen molar-refractivity contribution in [3.05, 3.63) is 99.3 Å². The van der Waals surface area contributed by atoms with Gasteiger partial charge in [0.25, 0.3) is 11.8 Å². The number of carbonyl (C=O) groups is 4. The fourth-order valence-corrected chi connectivity index (χ4v) is 11.2.